The lowest BCUT2D eigenvalue weighted by atomic mass is 10.2. The summed E-state index contributed by atoms with van der Waals surface area (Å²) in [6, 6.07) is 10.2. The van der Waals surface area contributed by atoms with Crippen molar-refractivity contribution < 1.29 is 22.2 Å². The summed E-state index contributed by atoms with van der Waals surface area (Å²) in [6.45, 7) is 1.29. The number of rotatable bonds is 9. The summed E-state index contributed by atoms with van der Waals surface area (Å²) < 4.78 is 29.3. The van der Waals surface area contributed by atoms with E-state index >= 15 is 0 Å². The number of nitrogens with zero attached hydrogens (tertiary/aromatic N) is 2. The zero-order valence-electron chi connectivity index (χ0n) is 18.8. The third-order valence-corrected chi connectivity index (χ3v) is 5.96. The van der Waals surface area contributed by atoms with Gasteiger partial charge in [-0.3, -0.25) is 13.8 Å². The van der Waals surface area contributed by atoms with Crippen LogP contribution in [0.5, 0.6) is 0 Å². The fraction of sp³-hybridized carbons (Fsp3) is 0.174. The van der Waals surface area contributed by atoms with Crippen molar-refractivity contribution in [1.82, 2.24) is 14.9 Å². The number of carbonyl (C=O) groups is 2. The van der Waals surface area contributed by atoms with Crippen LogP contribution in [0.1, 0.15) is 23.7 Å². The van der Waals surface area contributed by atoms with Crippen molar-refractivity contribution in [3.05, 3.63) is 81.7 Å². The van der Waals surface area contributed by atoms with Gasteiger partial charge in [0.15, 0.2) is 0 Å². The fourth-order valence-electron chi connectivity index (χ4n) is 3.03. The Labute approximate surface area is 212 Å². The second kappa shape index (κ2) is 11.5. The van der Waals surface area contributed by atoms with Crippen LogP contribution in [0.4, 0.5) is 5.82 Å². The normalized spacial score (nSPS) is 11.5. The highest BCUT2D eigenvalue weighted by atomic mass is 35.5. The van der Waals surface area contributed by atoms with E-state index in [-0.39, 0.29) is 35.0 Å². The first kappa shape index (κ1) is 26.4. The molecule has 2 aromatic heterocycles. The first-order valence-corrected chi connectivity index (χ1v) is 12.8. The maximum Gasteiger partial charge on any atom is 0.264 e. The molecule has 0 fully saturated rings. The van der Waals surface area contributed by atoms with Crippen LogP contribution in [0, 0.1) is 0 Å². The molecule has 0 bridgehead atoms. The molecule has 0 unspecified atom stereocenters. The first-order valence-electron chi connectivity index (χ1n) is 10.2. The minimum atomic E-state index is -3.68. The van der Waals surface area contributed by atoms with E-state index in [1.165, 1.54) is 19.2 Å². The van der Waals surface area contributed by atoms with E-state index in [0.717, 1.165) is 11.9 Å². The molecule has 12 heteroatoms. The first-order chi connectivity index (χ1) is 16.5. The molecule has 1 aromatic carbocycles. The zero-order valence-corrected chi connectivity index (χ0v) is 21.1. The molecule has 0 aliphatic heterocycles. The van der Waals surface area contributed by atoms with Crippen LogP contribution in [0.3, 0.4) is 0 Å². The molecule has 0 atom stereocenters. The lowest BCUT2D eigenvalue weighted by Gasteiger charge is -2.15. The van der Waals surface area contributed by atoms with Crippen molar-refractivity contribution in [3.8, 4) is 5.69 Å². The maximum atomic E-state index is 12.3. The third-order valence-electron chi connectivity index (χ3n) is 4.64. The number of halogens is 2. The average Bonchev–Trinajstić information content (AvgIpc) is 3.24. The summed E-state index contributed by atoms with van der Waals surface area (Å²) in [5, 5.41) is 5.87. The minimum absolute atomic E-state index is 0.198. The Kier molecular flexibility index (Phi) is 8.68. The molecule has 0 radical (unpaired) electrons. The topological polar surface area (TPSA) is 119 Å². The Morgan fingerprint density at radius 2 is 1.94 bits per heavy atom. The van der Waals surface area contributed by atoms with Gasteiger partial charge in [-0.25, -0.2) is 4.98 Å². The smallest absolute Gasteiger partial charge is 0.264 e. The molecule has 0 saturated carbocycles. The Hall–Kier alpha value is -3.18. The van der Waals surface area contributed by atoms with Gasteiger partial charge in [0.1, 0.15) is 5.82 Å². The van der Waals surface area contributed by atoms with Crippen molar-refractivity contribution in [2.75, 3.05) is 11.6 Å². The van der Waals surface area contributed by atoms with E-state index in [9.17, 15) is 18.0 Å². The molecule has 2 N–H and O–H groups in total. The summed E-state index contributed by atoms with van der Waals surface area (Å²) in [5.41, 5.74) is 2.31. The fourth-order valence-corrected chi connectivity index (χ4v) is 3.93. The number of anilines is 1. The van der Waals surface area contributed by atoms with Gasteiger partial charge in [0.2, 0.25) is 11.8 Å². The second-order valence-corrected chi connectivity index (χ2v) is 9.83. The van der Waals surface area contributed by atoms with Crippen LogP contribution in [0.25, 0.3) is 11.8 Å². The lowest BCUT2D eigenvalue weighted by Crippen LogP contribution is -2.21. The van der Waals surface area contributed by atoms with E-state index in [1.54, 1.807) is 47.2 Å². The number of aromatic nitrogens is 2. The number of carbonyl (C=O) groups excluding carboxylic acids is 2. The van der Waals surface area contributed by atoms with Crippen LogP contribution in [-0.4, -0.2) is 36.0 Å². The maximum absolute atomic E-state index is 12.3. The van der Waals surface area contributed by atoms with Crippen LogP contribution >= 0.6 is 23.2 Å². The van der Waals surface area contributed by atoms with Gasteiger partial charge in [0, 0.05) is 41.7 Å². The molecular formula is C23H22Cl2N4O5S. The predicted molar refractivity (Wildman–Crippen MR) is 135 cm³/mol. The van der Waals surface area contributed by atoms with Crippen molar-refractivity contribution in [2.24, 2.45) is 0 Å². The van der Waals surface area contributed by atoms with Gasteiger partial charge in [-0.05, 0) is 48.0 Å². The molecular weight excluding hydrogens is 515 g/mol. The molecule has 9 nitrogen and oxygen atoms in total. The summed E-state index contributed by atoms with van der Waals surface area (Å²) in [7, 11) is -3.68. The number of hydrogen-bond donors (Lipinski definition) is 2. The number of nitrogens with one attached hydrogen (secondary N) is 2. The van der Waals surface area contributed by atoms with Crippen LogP contribution < -0.4 is 10.6 Å². The highest BCUT2D eigenvalue weighted by Gasteiger charge is 2.16. The van der Waals surface area contributed by atoms with Gasteiger partial charge < -0.3 is 15.2 Å². The zero-order chi connectivity index (χ0) is 25.6. The summed E-state index contributed by atoms with van der Waals surface area (Å²) in [5.74, 6) is -0.122. The van der Waals surface area contributed by atoms with Gasteiger partial charge in [-0.15, -0.1) is 0 Å². The Morgan fingerprint density at radius 3 is 2.60 bits per heavy atom. The van der Waals surface area contributed by atoms with Crippen LogP contribution in [0.2, 0.25) is 10.0 Å². The van der Waals surface area contributed by atoms with Crippen molar-refractivity contribution >= 4 is 57.0 Å². The average molecular weight is 537 g/mol. The summed E-state index contributed by atoms with van der Waals surface area (Å²) in [4.78, 5) is 27.5. The highest BCUT2D eigenvalue weighted by molar-refractivity contribution is 7.85. The lowest BCUT2D eigenvalue weighted by molar-refractivity contribution is -0.116. The summed E-state index contributed by atoms with van der Waals surface area (Å²) >= 11 is 12.7. The standard InChI is InChI=1S/C23H22Cl2N4O5S/c1-15(30)28-21-9-5-16(12-26-21)6-10-22(31)27-13-17-4-3-11-29(17)20-8-7-19(24)18(23(20)25)14-34-35(2,32)33/h3-12H,13-14H2,1-2H3,(H,27,31)(H,26,28,30). The molecule has 0 spiro atoms. The van der Waals surface area contributed by atoms with E-state index in [2.05, 4.69) is 15.6 Å². The van der Waals surface area contributed by atoms with Crippen LogP contribution in [-0.2, 0) is 37.0 Å². The van der Waals surface area contributed by atoms with E-state index in [1.807, 2.05) is 6.07 Å². The molecule has 2 heterocycles. The van der Waals surface area contributed by atoms with Gasteiger partial charge in [0.25, 0.3) is 10.1 Å². The highest BCUT2D eigenvalue weighted by Crippen LogP contribution is 2.32. The Morgan fingerprint density at radius 1 is 1.17 bits per heavy atom. The molecule has 35 heavy (non-hydrogen) atoms. The Bertz CT molecular complexity index is 1370. The number of pyridine rings is 1. The van der Waals surface area contributed by atoms with Crippen molar-refractivity contribution in [1.29, 1.82) is 0 Å². The largest absolute Gasteiger partial charge is 0.347 e. The van der Waals surface area contributed by atoms with Gasteiger partial charge in [-0.1, -0.05) is 23.2 Å². The van der Waals surface area contributed by atoms with Crippen LogP contribution in [0.15, 0.2) is 54.9 Å². The van der Waals surface area contributed by atoms with E-state index in [4.69, 9.17) is 27.4 Å². The molecule has 2 amide bonds. The monoisotopic (exact) mass is 536 g/mol. The molecule has 3 aromatic rings. The number of benzene rings is 1. The number of hydrogen-bond acceptors (Lipinski definition) is 6. The predicted octanol–water partition coefficient (Wildman–Crippen LogP) is 3.94. The summed E-state index contributed by atoms with van der Waals surface area (Å²) in [6.07, 6.45) is 7.21. The molecule has 3 rings (SSSR count). The molecule has 0 saturated heterocycles. The number of amides is 2. The third kappa shape index (κ3) is 7.66. The molecule has 0 aliphatic carbocycles. The van der Waals surface area contributed by atoms with Gasteiger partial charge >= 0.3 is 0 Å². The second-order valence-electron chi connectivity index (χ2n) is 7.40. The minimum Gasteiger partial charge on any atom is -0.347 e. The van der Waals surface area contributed by atoms with Crippen molar-refractivity contribution in [2.45, 2.75) is 20.1 Å². The quantitative estimate of drug-likeness (QED) is 0.315. The van der Waals surface area contributed by atoms with Gasteiger partial charge in [0.05, 0.1) is 30.1 Å². The van der Waals surface area contributed by atoms with E-state index in [0.29, 0.717) is 22.6 Å². The van der Waals surface area contributed by atoms with Crippen molar-refractivity contribution in [3.63, 3.8) is 0 Å². The van der Waals surface area contributed by atoms with E-state index < -0.39 is 10.1 Å². The SMILES string of the molecule is CC(=O)Nc1ccc(C=CC(=O)NCc2cccn2-c2ccc(Cl)c(COS(C)(=O)=O)c2Cl)cn1. The van der Waals surface area contributed by atoms with Gasteiger partial charge in [-0.2, -0.15) is 8.42 Å². The Balaban J connectivity index is 1.68. The molecule has 184 valence electrons. The molecule has 0 aliphatic rings.